The van der Waals surface area contributed by atoms with Crippen molar-refractivity contribution in [3.05, 3.63) is 118 Å². The third kappa shape index (κ3) is 2.89. The highest BCUT2D eigenvalue weighted by atomic mass is 16.1. The highest BCUT2D eigenvalue weighted by Gasteiger charge is 2.42. The molecule has 1 atom stereocenters. The molecular formula is C29H26O. The average Bonchev–Trinajstić information content (AvgIpc) is 3.11. The maximum absolute atomic E-state index is 11.6. The highest BCUT2D eigenvalue weighted by Crippen LogP contribution is 2.50. The molecule has 0 bridgehead atoms. The Kier molecular flexibility index (Phi) is 4.55. The summed E-state index contributed by atoms with van der Waals surface area (Å²) in [6, 6.07) is 31.3. The Morgan fingerprint density at radius 2 is 1.40 bits per heavy atom. The maximum atomic E-state index is 11.6. The minimum Gasteiger partial charge on any atom is -0.300 e. The fourth-order valence-corrected chi connectivity index (χ4v) is 5.20. The molecule has 5 rings (SSSR count). The molecule has 0 aliphatic heterocycles. The van der Waals surface area contributed by atoms with Crippen molar-refractivity contribution in [1.29, 1.82) is 0 Å². The van der Waals surface area contributed by atoms with Crippen molar-refractivity contribution in [2.45, 2.75) is 38.5 Å². The summed E-state index contributed by atoms with van der Waals surface area (Å²) >= 11 is 0. The second kappa shape index (κ2) is 7.25. The normalized spacial score (nSPS) is 17.4. The van der Waals surface area contributed by atoms with Gasteiger partial charge in [0.15, 0.2) is 0 Å². The Balaban J connectivity index is 1.74. The summed E-state index contributed by atoms with van der Waals surface area (Å²) in [4.78, 5) is 11.6. The second-order valence-corrected chi connectivity index (χ2v) is 8.53. The molecule has 1 unspecified atom stereocenters. The highest BCUT2D eigenvalue weighted by molar-refractivity contribution is 5.94. The molecule has 0 heterocycles. The molecule has 0 spiro atoms. The van der Waals surface area contributed by atoms with Crippen LogP contribution in [0.2, 0.25) is 0 Å². The number of hydrogen-bond donors (Lipinski definition) is 0. The van der Waals surface area contributed by atoms with E-state index in [9.17, 15) is 4.79 Å². The summed E-state index contributed by atoms with van der Waals surface area (Å²) in [6.07, 6.45) is 2.50. The second-order valence-electron chi connectivity index (χ2n) is 8.53. The van der Waals surface area contributed by atoms with Crippen molar-refractivity contribution in [3.8, 4) is 0 Å². The first kappa shape index (κ1) is 18.8. The molecule has 0 saturated carbocycles. The van der Waals surface area contributed by atoms with E-state index in [-0.39, 0.29) is 11.2 Å². The van der Waals surface area contributed by atoms with Crippen molar-refractivity contribution in [1.82, 2.24) is 0 Å². The van der Waals surface area contributed by atoms with E-state index >= 15 is 0 Å². The van der Waals surface area contributed by atoms with Gasteiger partial charge in [-0.1, -0.05) is 91.9 Å². The molecule has 0 saturated heterocycles. The Bertz CT molecular complexity index is 1230. The molecule has 0 fully saturated rings. The molecule has 0 aromatic heterocycles. The van der Waals surface area contributed by atoms with Gasteiger partial charge in [0.2, 0.25) is 0 Å². The predicted molar refractivity (Wildman–Crippen MR) is 124 cm³/mol. The third-order valence-corrected chi connectivity index (χ3v) is 6.66. The predicted octanol–water partition coefficient (Wildman–Crippen LogP) is 6.42. The van der Waals surface area contributed by atoms with Crippen LogP contribution >= 0.6 is 0 Å². The van der Waals surface area contributed by atoms with Gasteiger partial charge in [0.1, 0.15) is 5.78 Å². The van der Waals surface area contributed by atoms with Gasteiger partial charge in [-0.05, 0) is 63.9 Å². The average molecular weight is 391 g/mol. The van der Waals surface area contributed by atoms with Crippen LogP contribution in [0.4, 0.5) is 0 Å². The molecule has 1 aliphatic carbocycles. The Labute approximate surface area is 178 Å². The SMILES string of the molecule is CCc1ccc(C2(c3ccc(CC(C)=O)cc3)Cc3cccc4cccc2c34)cc1. The number of aryl methyl sites for hydroxylation is 1. The molecule has 30 heavy (non-hydrogen) atoms. The maximum Gasteiger partial charge on any atom is 0.134 e. The molecule has 4 aromatic rings. The number of carbonyl (C=O) groups excluding carboxylic acids is 1. The standard InChI is InChI=1S/C29H26O/c1-3-21-10-14-25(15-11-21)29(26-16-12-22(13-17-26)18-20(2)30)19-24-8-4-6-23-7-5-9-27(29)28(23)24/h4-17H,3,18-19H2,1-2H3. The van der Waals surface area contributed by atoms with Crippen molar-refractivity contribution >= 4 is 16.6 Å². The van der Waals surface area contributed by atoms with Crippen molar-refractivity contribution in [2.24, 2.45) is 0 Å². The van der Waals surface area contributed by atoms with Crippen LogP contribution in [0.1, 0.15) is 47.2 Å². The van der Waals surface area contributed by atoms with Crippen LogP contribution in [0.15, 0.2) is 84.9 Å². The summed E-state index contributed by atoms with van der Waals surface area (Å²) < 4.78 is 0. The molecule has 1 aliphatic rings. The van der Waals surface area contributed by atoms with Crippen LogP contribution < -0.4 is 0 Å². The van der Waals surface area contributed by atoms with Gasteiger partial charge in [-0.15, -0.1) is 0 Å². The lowest BCUT2D eigenvalue weighted by Gasteiger charge is -2.33. The van der Waals surface area contributed by atoms with Gasteiger partial charge in [-0.25, -0.2) is 0 Å². The van der Waals surface area contributed by atoms with E-state index in [0.29, 0.717) is 6.42 Å². The fourth-order valence-electron chi connectivity index (χ4n) is 5.20. The van der Waals surface area contributed by atoms with Crippen molar-refractivity contribution in [3.63, 3.8) is 0 Å². The lowest BCUT2D eigenvalue weighted by Crippen LogP contribution is -2.28. The third-order valence-electron chi connectivity index (χ3n) is 6.66. The summed E-state index contributed by atoms with van der Waals surface area (Å²) in [7, 11) is 0. The quantitative estimate of drug-likeness (QED) is 0.384. The zero-order valence-electron chi connectivity index (χ0n) is 17.6. The number of Topliss-reactive ketones (excluding diaryl/α,β-unsaturated/α-hetero) is 1. The zero-order valence-corrected chi connectivity index (χ0v) is 17.6. The fraction of sp³-hybridized carbons (Fsp3) is 0.207. The molecule has 0 N–H and O–H groups in total. The van der Waals surface area contributed by atoms with Crippen molar-refractivity contribution in [2.75, 3.05) is 0 Å². The van der Waals surface area contributed by atoms with Gasteiger partial charge < -0.3 is 0 Å². The van der Waals surface area contributed by atoms with Crippen LogP contribution in [0, 0.1) is 0 Å². The number of carbonyl (C=O) groups is 1. The molecule has 1 nitrogen and oxygen atoms in total. The Morgan fingerprint density at radius 3 is 2.00 bits per heavy atom. The topological polar surface area (TPSA) is 17.1 Å². The molecule has 4 aromatic carbocycles. The van der Waals surface area contributed by atoms with Gasteiger partial charge in [0.25, 0.3) is 0 Å². The van der Waals surface area contributed by atoms with Crippen LogP contribution in [0.3, 0.4) is 0 Å². The summed E-state index contributed by atoms with van der Waals surface area (Å²) in [6.45, 7) is 3.85. The molecule has 1 heteroatoms. The zero-order chi connectivity index (χ0) is 20.7. The van der Waals surface area contributed by atoms with E-state index in [0.717, 1.165) is 18.4 Å². The van der Waals surface area contributed by atoms with E-state index in [1.165, 1.54) is 38.6 Å². The first-order valence-corrected chi connectivity index (χ1v) is 10.8. The lowest BCUT2D eigenvalue weighted by molar-refractivity contribution is -0.116. The molecule has 0 radical (unpaired) electrons. The van der Waals surface area contributed by atoms with Gasteiger partial charge >= 0.3 is 0 Å². The molecule has 148 valence electrons. The minimum absolute atomic E-state index is 0.200. The first-order valence-electron chi connectivity index (χ1n) is 10.8. The van der Waals surface area contributed by atoms with Crippen LogP contribution in [0.5, 0.6) is 0 Å². The van der Waals surface area contributed by atoms with Gasteiger partial charge in [-0.2, -0.15) is 0 Å². The number of benzene rings is 4. The number of ketones is 1. The number of rotatable bonds is 5. The largest absolute Gasteiger partial charge is 0.300 e. The van der Waals surface area contributed by atoms with E-state index < -0.39 is 0 Å². The van der Waals surface area contributed by atoms with Crippen LogP contribution in [0.25, 0.3) is 10.8 Å². The smallest absolute Gasteiger partial charge is 0.134 e. The minimum atomic E-state index is -0.204. The van der Waals surface area contributed by atoms with Gasteiger partial charge in [0, 0.05) is 11.8 Å². The molecular weight excluding hydrogens is 364 g/mol. The van der Waals surface area contributed by atoms with Crippen LogP contribution in [-0.4, -0.2) is 5.78 Å². The van der Waals surface area contributed by atoms with E-state index in [4.69, 9.17) is 0 Å². The monoisotopic (exact) mass is 390 g/mol. The molecule has 0 amide bonds. The Hall–Kier alpha value is -3.19. The van der Waals surface area contributed by atoms with Crippen molar-refractivity contribution < 1.29 is 4.79 Å². The summed E-state index contributed by atoms with van der Waals surface area (Å²) in [5.41, 5.74) is 7.67. The van der Waals surface area contributed by atoms with Gasteiger partial charge in [0.05, 0.1) is 0 Å². The van der Waals surface area contributed by atoms with E-state index in [1.54, 1.807) is 6.92 Å². The van der Waals surface area contributed by atoms with Gasteiger partial charge in [-0.3, -0.25) is 4.79 Å². The van der Waals surface area contributed by atoms with E-state index in [1.807, 2.05) is 0 Å². The van der Waals surface area contributed by atoms with Crippen LogP contribution in [-0.2, 0) is 29.5 Å². The summed E-state index contributed by atoms with van der Waals surface area (Å²) in [5.74, 6) is 0.200. The lowest BCUT2D eigenvalue weighted by atomic mass is 9.69. The van der Waals surface area contributed by atoms with E-state index in [2.05, 4.69) is 91.9 Å². The number of hydrogen-bond acceptors (Lipinski definition) is 1. The first-order chi connectivity index (χ1) is 14.6. The summed E-state index contributed by atoms with van der Waals surface area (Å²) in [5, 5.41) is 2.71. The Morgan fingerprint density at radius 1 is 0.800 bits per heavy atom.